The molecule has 0 spiro atoms. The predicted octanol–water partition coefficient (Wildman–Crippen LogP) is 10.5. The van der Waals surface area contributed by atoms with E-state index in [1.165, 1.54) is 44.6 Å². The van der Waals surface area contributed by atoms with E-state index < -0.39 is 0 Å². The fourth-order valence-electron chi connectivity index (χ4n) is 2.58. The van der Waals surface area contributed by atoms with Gasteiger partial charge in [0.25, 0.3) is 0 Å². The first-order valence-electron chi connectivity index (χ1n) is 11.3. The third-order valence-corrected chi connectivity index (χ3v) is 4.86. The maximum atomic E-state index is 13.3. The summed E-state index contributed by atoms with van der Waals surface area (Å²) in [6.45, 7) is 22.4. The van der Waals surface area contributed by atoms with Crippen molar-refractivity contribution in [1.29, 1.82) is 0 Å². The van der Waals surface area contributed by atoms with Gasteiger partial charge in [0.05, 0.1) is 0 Å². The standard InChI is InChI=1S/C12H14ClF.C10H22.2C2H6/c1-7(2)12(13)10-6-11(14)9(4)5-8(10)3;1-4-6-8-10(3)9-7-5-2;2*1-2/h5-6H,1-4H3;10H,4-9H2,1-3H3;2*1-2H3. The summed E-state index contributed by atoms with van der Waals surface area (Å²) in [5.41, 5.74) is 3.45. The monoisotopic (exact) mass is 414 g/mol. The number of allylic oxidation sites excluding steroid dienone is 1. The van der Waals surface area contributed by atoms with Crippen LogP contribution in [0, 0.1) is 25.6 Å². The normalized spacial score (nSPS) is 9.36. The van der Waals surface area contributed by atoms with Gasteiger partial charge in [-0.2, -0.15) is 0 Å². The first-order chi connectivity index (χ1) is 13.2. The molecule has 0 saturated heterocycles. The second-order valence-corrected chi connectivity index (χ2v) is 7.50. The zero-order valence-corrected chi connectivity index (χ0v) is 21.5. The van der Waals surface area contributed by atoms with E-state index in [0.29, 0.717) is 10.6 Å². The number of unbranched alkanes of at least 4 members (excludes halogenated alkanes) is 2. The van der Waals surface area contributed by atoms with Crippen molar-refractivity contribution in [2.45, 2.75) is 115 Å². The van der Waals surface area contributed by atoms with Crippen LogP contribution in [0.5, 0.6) is 0 Å². The van der Waals surface area contributed by atoms with Crippen LogP contribution in [0.1, 0.15) is 118 Å². The number of hydrogen-bond acceptors (Lipinski definition) is 0. The van der Waals surface area contributed by atoms with Crippen molar-refractivity contribution in [3.05, 3.63) is 40.2 Å². The van der Waals surface area contributed by atoms with Crippen LogP contribution in [0.25, 0.3) is 5.03 Å². The van der Waals surface area contributed by atoms with E-state index in [4.69, 9.17) is 11.6 Å². The van der Waals surface area contributed by atoms with Gasteiger partial charge in [-0.1, -0.05) is 110 Å². The van der Waals surface area contributed by atoms with E-state index in [9.17, 15) is 4.39 Å². The lowest BCUT2D eigenvalue weighted by Gasteiger charge is -2.08. The Morgan fingerprint density at radius 2 is 1.32 bits per heavy atom. The Kier molecular flexibility index (Phi) is 23.8. The summed E-state index contributed by atoms with van der Waals surface area (Å²) in [6, 6.07) is 3.32. The molecule has 0 radical (unpaired) electrons. The summed E-state index contributed by atoms with van der Waals surface area (Å²) >= 11 is 6.08. The Bertz CT molecular complexity index is 505. The highest BCUT2D eigenvalue weighted by molar-refractivity contribution is 6.49. The molecule has 0 aromatic heterocycles. The first-order valence-corrected chi connectivity index (χ1v) is 11.7. The predicted molar refractivity (Wildman–Crippen MR) is 131 cm³/mol. The van der Waals surface area contributed by atoms with Crippen LogP contribution in [0.15, 0.2) is 17.7 Å². The molecule has 0 heterocycles. The molecular weight excluding hydrogens is 367 g/mol. The molecule has 0 bridgehead atoms. The van der Waals surface area contributed by atoms with E-state index in [1.54, 1.807) is 6.92 Å². The molecule has 166 valence electrons. The smallest absolute Gasteiger partial charge is 0.126 e. The molecule has 28 heavy (non-hydrogen) atoms. The summed E-state index contributed by atoms with van der Waals surface area (Å²) < 4.78 is 13.3. The van der Waals surface area contributed by atoms with E-state index in [-0.39, 0.29) is 5.82 Å². The fraction of sp³-hybridized carbons (Fsp3) is 0.692. The molecular formula is C26H48ClF. The molecule has 0 saturated carbocycles. The van der Waals surface area contributed by atoms with Gasteiger partial charge in [-0.25, -0.2) is 4.39 Å². The van der Waals surface area contributed by atoms with Crippen LogP contribution < -0.4 is 0 Å². The van der Waals surface area contributed by atoms with Crippen molar-refractivity contribution in [2.24, 2.45) is 5.92 Å². The second kappa shape index (κ2) is 20.9. The van der Waals surface area contributed by atoms with Gasteiger partial charge < -0.3 is 0 Å². The minimum absolute atomic E-state index is 0.204. The van der Waals surface area contributed by atoms with Crippen LogP contribution in [-0.2, 0) is 0 Å². The minimum atomic E-state index is -0.204. The molecule has 0 aliphatic carbocycles. The molecule has 0 aliphatic heterocycles. The average molecular weight is 415 g/mol. The highest BCUT2D eigenvalue weighted by atomic mass is 35.5. The Hall–Kier alpha value is -0.820. The Morgan fingerprint density at radius 1 is 0.893 bits per heavy atom. The highest BCUT2D eigenvalue weighted by Crippen LogP contribution is 2.27. The van der Waals surface area contributed by atoms with Gasteiger partial charge >= 0.3 is 0 Å². The van der Waals surface area contributed by atoms with Gasteiger partial charge in [0.15, 0.2) is 0 Å². The molecule has 0 aliphatic rings. The molecule has 0 amide bonds. The summed E-state index contributed by atoms with van der Waals surface area (Å²) in [5.74, 6) is 0.768. The lowest BCUT2D eigenvalue weighted by molar-refractivity contribution is 0.454. The van der Waals surface area contributed by atoms with Crippen molar-refractivity contribution in [3.8, 4) is 0 Å². The van der Waals surface area contributed by atoms with Crippen molar-refractivity contribution in [2.75, 3.05) is 0 Å². The van der Waals surface area contributed by atoms with Gasteiger partial charge in [0.2, 0.25) is 0 Å². The Labute approximate surface area is 182 Å². The quantitative estimate of drug-likeness (QED) is 0.416. The molecule has 0 fully saturated rings. The van der Waals surface area contributed by atoms with Crippen LogP contribution in [0.2, 0.25) is 0 Å². The lowest BCUT2D eigenvalue weighted by atomic mass is 9.98. The summed E-state index contributed by atoms with van der Waals surface area (Å²) in [6.07, 6.45) is 8.44. The van der Waals surface area contributed by atoms with Gasteiger partial charge in [-0.3, -0.25) is 0 Å². The molecule has 1 aromatic carbocycles. The first kappa shape index (κ1) is 31.9. The van der Waals surface area contributed by atoms with E-state index in [0.717, 1.165) is 22.6 Å². The number of hydrogen-bond donors (Lipinski definition) is 0. The molecule has 1 rings (SSSR count). The third kappa shape index (κ3) is 15.1. The number of aryl methyl sites for hydroxylation is 2. The minimum Gasteiger partial charge on any atom is -0.207 e. The van der Waals surface area contributed by atoms with Crippen molar-refractivity contribution >= 4 is 16.6 Å². The van der Waals surface area contributed by atoms with Gasteiger partial charge in [0.1, 0.15) is 5.82 Å². The molecule has 2 heteroatoms. The zero-order valence-electron chi connectivity index (χ0n) is 20.7. The van der Waals surface area contributed by atoms with Crippen LogP contribution in [0.4, 0.5) is 4.39 Å². The average Bonchev–Trinajstić information content (AvgIpc) is 2.70. The van der Waals surface area contributed by atoms with E-state index in [2.05, 4.69) is 20.8 Å². The van der Waals surface area contributed by atoms with Crippen molar-refractivity contribution in [1.82, 2.24) is 0 Å². The van der Waals surface area contributed by atoms with Crippen LogP contribution in [-0.4, -0.2) is 0 Å². The van der Waals surface area contributed by atoms with Crippen molar-refractivity contribution < 1.29 is 4.39 Å². The number of halogens is 2. The topological polar surface area (TPSA) is 0 Å². The number of rotatable bonds is 7. The molecule has 0 atom stereocenters. The summed E-state index contributed by atoms with van der Waals surface area (Å²) in [5, 5.41) is 0.640. The Morgan fingerprint density at radius 3 is 1.68 bits per heavy atom. The van der Waals surface area contributed by atoms with E-state index in [1.807, 2.05) is 54.5 Å². The van der Waals surface area contributed by atoms with Gasteiger partial charge in [-0.05, 0) is 56.4 Å². The fourth-order valence-corrected chi connectivity index (χ4v) is 2.78. The van der Waals surface area contributed by atoms with Crippen LogP contribution >= 0.6 is 11.6 Å². The molecule has 0 nitrogen and oxygen atoms in total. The maximum Gasteiger partial charge on any atom is 0.126 e. The molecule has 0 N–H and O–H groups in total. The second-order valence-electron chi connectivity index (χ2n) is 7.12. The van der Waals surface area contributed by atoms with Gasteiger partial charge in [0, 0.05) is 5.03 Å². The zero-order chi connectivity index (χ0) is 22.7. The molecule has 1 aromatic rings. The van der Waals surface area contributed by atoms with E-state index >= 15 is 0 Å². The Balaban J connectivity index is -0.000000394. The van der Waals surface area contributed by atoms with Gasteiger partial charge in [-0.15, -0.1) is 0 Å². The SMILES string of the molecule is CC.CC.CC(C)=C(Cl)c1cc(F)c(C)cc1C.CCCCC(C)CCCC. The largest absolute Gasteiger partial charge is 0.207 e. The lowest BCUT2D eigenvalue weighted by Crippen LogP contribution is -1.93. The highest BCUT2D eigenvalue weighted by Gasteiger charge is 2.08. The van der Waals surface area contributed by atoms with Crippen LogP contribution in [0.3, 0.4) is 0 Å². The third-order valence-electron chi connectivity index (χ3n) is 4.28. The van der Waals surface area contributed by atoms with Crippen molar-refractivity contribution in [3.63, 3.8) is 0 Å². The molecule has 0 unspecified atom stereocenters. The summed E-state index contributed by atoms with van der Waals surface area (Å²) in [7, 11) is 0. The number of benzene rings is 1. The summed E-state index contributed by atoms with van der Waals surface area (Å²) in [4.78, 5) is 0. The maximum absolute atomic E-state index is 13.3.